The third kappa shape index (κ3) is 1.37. The Morgan fingerprint density at radius 3 is 2.80 bits per heavy atom. The smallest absolute Gasteiger partial charge is 0.340 e. The van der Waals surface area contributed by atoms with Crippen LogP contribution in [-0.2, 0) is 19.2 Å². The Morgan fingerprint density at radius 1 is 1.60 bits per heavy atom. The fourth-order valence-electron chi connectivity index (χ4n) is 2.12. The molecule has 0 spiro atoms. The SMILES string of the molecule is COC(=O)[C@@]1(C)C[C@@]2(C)[C@H](O)CON2O1. The molecule has 86 valence electrons. The summed E-state index contributed by atoms with van der Waals surface area (Å²) in [5.74, 6) is -0.464. The number of aliphatic hydroxyl groups excluding tert-OH is 1. The largest absolute Gasteiger partial charge is 0.467 e. The lowest BCUT2D eigenvalue weighted by atomic mass is 9.85. The van der Waals surface area contributed by atoms with Crippen molar-refractivity contribution in [1.29, 1.82) is 0 Å². The number of carbonyl (C=O) groups excluding carboxylic acids is 1. The van der Waals surface area contributed by atoms with E-state index in [0.29, 0.717) is 6.42 Å². The lowest BCUT2D eigenvalue weighted by Crippen LogP contribution is -2.43. The van der Waals surface area contributed by atoms with Gasteiger partial charge in [-0.25, -0.2) is 4.79 Å². The van der Waals surface area contributed by atoms with Crippen molar-refractivity contribution in [3.63, 3.8) is 0 Å². The Morgan fingerprint density at radius 2 is 2.27 bits per heavy atom. The maximum Gasteiger partial charge on any atom is 0.340 e. The van der Waals surface area contributed by atoms with E-state index in [2.05, 4.69) is 4.74 Å². The summed E-state index contributed by atoms with van der Waals surface area (Å²) in [7, 11) is 1.31. The summed E-state index contributed by atoms with van der Waals surface area (Å²) in [6.45, 7) is 3.60. The molecule has 2 rings (SSSR count). The number of esters is 1. The molecule has 2 heterocycles. The molecule has 15 heavy (non-hydrogen) atoms. The monoisotopic (exact) mass is 217 g/mol. The van der Waals surface area contributed by atoms with Crippen molar-refractivity contribution in [2.75, 3.05) is 13.7 Å². The lowest BCUT2D eigenvalue weighted by molar-refractivity contribution is -0.368. The van der Waals surface area contributed by atoms with Gasteiger partial charge in [-0.1, -0.05) is 5.23 Å². The zero-order valence-electron chi connectivity index (χ0n) is 9.02. The standard InChI is InChI=1S/C9H15NO5/c1-8-5-9(2,7(12)13-3)15-10(8)14-4-6(8)11/h6,11H,4-5H2,1-3H3/t6-,8+,9-/m1/s1. The third-order valence-corrected chi connectivity index (χ3v) is 3.08. The van der Waals surface area contributed by atoms with Gasteiger partial charge in [-0.2, -0.15) is 0 Å². The maximum atomic E-state index is 11.5. The zero-order chi connectivity index (χ0) is 11.3. The highest BCUT2D eigenvalue weighted by atomic mass is 17.0. The number of fused-ring (bicyclic) bond motifs is 1. The molecular weight excluding hydrogens is 202 g/mol. The van der Waals surface area contributed by atoms with Crippen LogP contribution in [-0.4, -0.2) is 47.3 Å². The Bertz CT molecular complexity index is 296. The molecule has 0 aliphatic carbocycles. The summed E-state index contributed by atoms with van der Waals surface area (Å²) >= 11 is 0. The normalized spacial score (nSPS) is 45.5. The number of ether oxygens (including phenoxy) is 1. The molecule has 2 saturated heterocycles. The molecule has 0 radical (unpaired) electrons. The molecule has 0 unspecified atom stereocenters. The first-order valence-corrected chi connectivity index (χ1v) is 4.81. The van der Waals surface area contributed by atoms with Gasteiger partial charge in [0.05, 0.1) is 13.7 Å². The first-order valence-electron chi connectivity index (χ1n) is 4.81. The lowest BCUT2D eigenvalue weighted by Gasteiger charge is -2.23. The average Bonchev–Trinajstić information content (AvgIpc) is 2.60. The van der Waals surface area contributed by atoms with E-state index >= 15 is 0 Å². The number of hydrogen-bond acceptors (Lipinski definition) is 6. The highest BCUT2D eigenvalue weighted by Crippen LogP contribution is 2.44. The van der Waals surface area contributed by atoms with Crippen LogP contribution in [0, 0.1) is 0 Å². The fourth-order valence-corrected chi connectivity index (χ4v) is 2.12. The van der Waals surface area contributed by atoms with Gasteiger partial charge in [-0.05, 0) is 13.8 Å². The molecule has 1 N–H and O–H groups in total. The van der Waals surface area contributed by atoms with Crippen LogP contribution in [0.1, 0.15) is 20.3 Å². The van der Waals surface area contributed by atoms with Gasteiger partial charge in [0.1, 0.15) is 11.6 Å². The summed E-state index contributed by atoms with van der Waals surface area (Å²) in [6, 6.07) is 0. The van der Waals surface area contributed by atoms with Crippen LogP contribution in [0.5, 0.6) is 0 Å². The van der Waals surface area contributed by atoms with Crippen molar-refractivity contribution in [1.82, 2.24) is 5.23 Å². The van der Waals surface area contributed by atoms with Crippen LogP contribution < -0.4 is 0 Å². The molecule has 0 aromatic heterocycles. The summed E-state index contributed by atoms with van der Waals surface area (Å²) in [4.78, 5) is 22.0. The number of methoxy groups -OCH3 is 1. The second kappa shape index (κ2) is 3.15. The molecule has 0 bridgehead atoms. The minimum Gasteiger partial charge on any atom is -0.467 e. The van der Waals surface area contributed by atoms with Crippen LogP contribution in [0.4, 0.5) is 0 Å². The Labute approximate surface area is 87.6 Å². The predicted octanol–water partition coefficient (Wildman–Crippen LogP) is -0.380. The van der Waals surface area contributed by atoms with E-state index in [9.17, 15) is 9.90 Å². The zero-order valence-corrected chi connectivity index (χ0v) is 9.02. The Hall–Kier alpha value is -0.690. The number of rotatable bonds is 1. The van der Waals surface area contributed by atoms with Crippen molar-refractivity contribution in [3.8, 4) is 0 Å². The Kier molecular flexibility index (Phi) is 2.27. The van der Waals surface area contributed by atoms with E-state index in [4.69, 9.17) is 9.68 Å². The van der Waals surface area contributed by atoms with Gasteiger partial charge in [-0.15, -0.1) is 0 Å². The first kappa shape index (κ1) is 10.8. The van der Waals surface area contributed by atoms with E-state index in [1.54, 1.807) is 13.8 Å². The van der Waals surface area contributed by atoms with Gasteiger partial charge in [0.2, 0.25) is 0 Å². The first-order chi connectivity index (χ1) is 6.92. The van der Waals surface area contributed by atoms with E-state index < -0.39 is 23.2 Å². The summed E-state index contributed by atoms with van der Waals surface area (Å²) in [5, 5.41) is 11.0. The van der Waals surface area contributed by atoms with Crippen LogP contribution >= 0.6 is 0 Å². The van der Waals surface area contributed by atoms with Crippen LogP contribution in [0.15, 0.2) is 0 Å². The van der Waals surface area contributed by atoms with Gasteiger partial charge >= 0.3 is 5.97 Å². The number of hydroxylamine groups is 2. The van der Waals surface area contributed by atoms with Crippen LogP contribution in [0.2, 0.25) is 0 Å². The minimum atomic E-state index is -1.08. The second-order valence-electron chi connectivity index (χ2n) is 4.42. The van der Waals surface area contributed by atoms with Crippen molar-refractivity contribution in [2.45, 2.75) is 37.5 Å². The van der Waals surface area contributed by atoms with Gasteiger partial charge in [-0.3, -0.25) is 9.68 Å². The molecule has 0 saturated carbocycles. The quantitative estimate of drug-likeness (QED) is 0.604. The minimum absolute atomic E-state index is 0.188. The molecule has 0 aromatic carbocycles. The van der Waals surface area contributed by atoms with Crippen LogP contribution in [0.3, 0.4) is 0 Å². The van der Waals surface area contributed by atoms with Gasteiger partial charge in [0.15, 0.2) is 5.60 Å². The average molecular weight is 217 g/mol. The van der Waals surface area contributed by atoms with Gasteiger partial charge in [0, 0.05) is 6.42 Å². The Balaban J connectivity index is 2.22. The second-order valence-corrected chi connectivity index (χ2v) is 4.42. The molecule has 6 heteroatoms. The van der Waals surface area contributed by atoms with Gasteiger partial charge < -0.3 is 9.84 Å². The highest BCUT2D eigenvalue weighted by molar-refractivity contribution is 5.79. The molecule has 6 nitrogen and oxygen atoms in total. The van der Waals surface area contributed by atoms with Crippen LogP contribution in [0.25, 0.3) is 0 Å². The molecule has 0 amide bonds. The molecule has 2 aliphatic rings. The number of nitrogens with zero attached hydrogens (tertiary/aromatic N) is 1. The number of carbonyl (C=O) groups is 1. The van der Waals surface area contributed by atoms with Gasteiger partial charge in [0.25, 0.3) is 0 Å². The predicted molar refractivity (Wildman–Crippen MR) is 48.3 cm³/mol. The van der Waals surface area contributed by atoms with Crippen molar-refractivity contribution < 1.29 is 24.3 Å². The van der Waals surface area contributed by atoms with E-state index in [0.717, 1.165) is 0 Å². The summed E-state index contributed by atoms with van der Waals surface area (Å²) < 4.78 is 4.65. The van der Waals surface area contributed by atoms with E-state index in [1.165, 1.54) is 12.3 Å². The van der Waals surface area contributed by atoms with Crippen molar-refractivity contribution in [3.05, 3.63) is 0 Å². The van der Waals surface area contributed by atoms with E-state index in [1.807, 2.05) is 0 Å². The fraction of sp³-hybridized carbons (Fsp3) is 0.889. The van der Waals surface area contributed by atoms with Crippen molar-refractivity contribution >= 4 is 5.97 Å². The molecule has 0 aromatic rings. The number of hydrogen-bond donors (Lipinski definition) is 1. The highest BCUT2D eigenvalue weighted by Gasteiger charge is 2.62. The molecule has 2 fully saturated rings. The molecular formula is C9H15NO5. The van der Waals surface area contributed by atoms with E-state index in [-0.39, 0.29) is 6.61 Å². The van der Waals surface area contributed by atoms with Crippen molar-refractivity contribution in [2.24, 2.45) is 0 Å². The topological polar surface area (TPSA) is 68.2 Å². The molecule has 2 aliphatic heterocycles. The third-order valence-electron chi connectivity index (χ3n) is 3.08. The molecule has 3 atom stereocenters. The number of aliphatic hydroxyl groups is 1. The maximum absolute atomic E-state index is 11.5. The summed E-state index contributed by atoms with van der Waals surface area (Å²) in [5.41, 5.74) is -1.76. The summed E-state index contributed by atoms with van der Waals surface area (Å²) in [6.07, 6.45) is -0.322.